The van der Waals surface area contributed by atoms with E-state index in [1.165, 1.54) is 12.5 Å². The van der Waals surface area contributed by atoms with E-state index in [2.05, 4.69) is 21.4 Å². The number of fused-ring (bicyclic) bond motifs is 1. The Morgan fingerprint density at radius 1 is 1.12 bits per heavy atom. The van der Waals surface area contributed by atoms with Crippen molar-refractivity contribution in [2.45, 2.75) is 25.3 Å². The molecule has 2 aromatic carbocycles. The third kappa shape index (κ3) is 4.22. The van der Waals surface area contributed by atoms with Gasteiger partial charge in [-0.15, -0.1) is 0 Å². The second-order valence-electron chi connectivity index (χ2n) is 8.31. The average molecular weight is 456 g/mol. The zero-order valence-corrected chi connectivity index (χ0v) is 18.7. The van der Waals surface area contributed by atoms with E-state index in [1.54, 1.807) is 18.3 Å². The van der Waals surface area contributed by atoms with Gasteiger partial charge in [-0.3, -0.25) is 14.9 Å². The maximum absolute atomic E-state index is 13.2. The highest BCUT2D eigenvalue weighted by Gasteiger charge is 2.25. The number of benzene rings is 2. The first-order valence-corrected chi connectivity index (χ1v) is 11.3. The minimum atomic E-state index is -0.255. The van der Waals surface area contributed by atoms with E-state index in [0.717, 1.165) is 35.9 Å². The van der Waals surface area contributed by atoms with Crippen LogP contribution in [0.3, 0.4) is 0 Å². The highest BCUT2D eigenvalue weighted by molar-refractivity contribution is 6.04. The molecule has 0 bridgehead atoms. The van der Waals surface area contributed by atoms with Gasteiger partial charge in [0.15, 0.2) is 12.2 Å². The first-order chi connectivity index (χ1) is 16.6. The third-order valence-corrected chi connectivity index (χ3v) is 6.21. The topological polar surface area (TPSA) is 93.3 Å². The maximum Gasteiger partial charge on any atom is 0.257 e. The van der Waals surface area contributed by atoms with Crippen molar-refractivity contribution in [3.05, 3.63) is 79.3 Å². The fourth-order valence-electron chi connectivity index (χ4n) is 4.53. The lowest BCUT2D eigenvalue weighted by atomic mass is 10.1. The maximum atomic E-state index is 13.2. The number of rotatable bonds is 5. The van der Waals surface area contributed by atoms with Crippen LogP contribution in [0.5, 0.6) is 0 Å². The van der Waals surface area contributed by atoms with Crippen LogP contribution in [-0.2, 0) is 4.79 Å². The zero-order valence-electron chi connectivity index (χ0n) is 18.7. The Hall–Kier alpha value is -4.20. The fourth-order valence-corrected chi connectivity index (χ4v) is 4.53. The van der Waals surface area contributed by atoms with Crippen molar-refractivity contribution in [1.82, 2.24) is 19.4 Å². The van der Waals surface area contributed by atoms with Gasteiger partial charge in [0, 0.05) is 30.3 Å². The predicted octanol–water partition coefficient (Wildman–Crippen LogP) is 4.68. The Bertz CT molecular complexity index is 1340. The van der Waals surface area contributed by atoms with E-state index >= 15 is 0 Å². The van der Waals surface area contributed by atoms with E-state index in [0.29, 0.717) is 30.4 Å². The number of anilines is 1. The summed E-state index contributed by atoms with van der Waals surface area (Å²) < 4.78 is 7.47. The van der Waals surface area contributed by atoms with Crippen LogP contribution in [0.4, 0.5) is 5.95 Å². The molecule has 1 N–H and O–H groups in total. The van der Waals surface area contributed by atoms with Crippen molar-refractivity contribution in [3.8, 4) is 11.3 Å². The summed E-state index contributed by atoms with van der Waals surface area (Å²) in [5.74, 6) is 0.801. The van der Waals surface area contributed by atoms with Crippen LogP contribution in [0.15, 0.2) is 78.2 Å². The smallest absolute Gasteiger partial charge is 0.257 e. The van der Waals surface area contributed by atoms with Crippen LogP contribution in [-0.4, -0.2) is 44.3 Å². The van der Waals surface area contributed by atoms with Crippen LogP contribution in [0.25, 0.3) is 22.4 Å². The van der Waals surface area contributed by atoms with Crippen molar-refractivity contribution in [3.63, 3.8) is 0 Å². The number of hydrogen-bond donors (Lipinski definition) is 1. The molecule has 8 nitrogen and oxygen atoms in total. The van der Waals surface area contributed by atoms with Crippen LogP contribution in [0, 0.1) is 0 Å². The Balaban J connectivity index is 1.45. The van der Waals surface area contributed by atoms with Gasteiger partial charge in [0.05, 0.1) is 17.2 Å². The summed E-state index contributed by atoms with van der Waals surface area (Å²) in [5, 5.41) is 3.02. The van der Waals surface area contributed by atoms with Gasteiger partial charge < -0.3 is 13.9 Å². The third-order valence-electron chi connectivity index (χ3n) is 6.21. The number of imidazole rings is 1. The molecular formula is C26H25N5O3. The molecule has 8 heteroatoms. The molecule has 172 valence electrons. The summed E-state index contributed by atoms with van der Waals surface area (Å²) in [4.78, 5) is 35.9. The lowest BCUT2D eigenvalue weighted by molar-refractivity contribution is -0.125. The van der Waals surface area contributed by atoms with Gasteiger partial charge >= 0.3 is 0 Å². The van der Waals surface area contributed by atoms with Gasteiger partial charge in [-0.1, -0.05) is 30.8 Å². The molecule has 2 amide bonds. The molecule has 34 heavy (non-hydrogen) atoms. The van der Waals surface area contributed by atoms with Crippen molar-refractivity contribution < 1.29 is 14.0 Å². The Morgan fingerprint density at radius 2 is 2.00 bits per heavy atom. The Morgan fingerprint density at radius 3 is 2.82 bits per heavy atom. The van der Waals surface area contributed by atoms with Crippen molar-refractivity contribution in [2.24, 2.45) is 0 Å². The van der Waals surface area contributed by atoms with Crippen LogP contribution in [0.2, 0.25) is 0 Å². The number of oxazole rings is 1. The SMILES string of the molecule is C=CC(=O)N1CCC[C@@H](n2c(NC(=O)c3cccc(-c4cnco4)c3)nc3ccccc32)CC1. The lowest BCUT2D eigenvalue weighted by Crippen LogP contribution is -2.30. The molecule has 5 rings (SSSR count). The average Bonchev–Trinajstić information content (AvgIpc) is 3.46. The summed E-state index contributed by atoms with van der Waals surface area (Å²) in [6.07, 6.45) is 6.85. The van der Waals surface area contributed by atoms with E-state index < -0.39 is 0 Å². The van der Waals surface area contributed by atoms with Gasteiger partial charge in [0.25, 0.3) is 5.91 Å². The highest BCUT2D eigenvalue weighted by Crippen LogP contribution is 2.31. The molecule has 4 aromatic rings. The Labute approximate surface area is 196 Å². The van der Waals surface area contributed by atoms with Crippen LogP contribution in [0.1, 0.15) is 35.7 Å². The molecule has 0 radical (unpaired) electrons. The molecule has 0 aliphatic carbocycles. The van der Waals surface area contributed by atoms with E-state index in [-0.39, 0.29) is 17.9 Å². The van der Waals surface area contributed by atoms with Gasteiger partial charge in [0.1, 0.15) is 0 Å². The number of amides is 2. The summed E-state index contributed by atoms with van der Waals surface area (Å²) >= 11 is 0. The Kier molecular flexibility index (Phi) is 5.95. The van der Waals surface area contributed by atoms with Crippen LogP contribution < -0.4 is 5.32 Å². The van der Waals surface area contributed by atoms with E-state index in [4.69, 9.17) is 9.40 Å². The monoisotopic (exact) mass is 455 g/mol. The zero-order chi connectivity index (χ0) is 23.5. The minimum absolute atomic E-state index is 0.0451. The minimum Gasteiger partial charge on any atom is -0.444 e. The number of carbonyl (C=O) groups excluding carboxylic acids is 2. The van der Waals surface area contributed by atoms with Gasteiger partial charge in [-0.25, -0.2) is 9.97 Å². The first-order valence-electron chi connectivity index (χ1n) is 11.3. The predicted molar refractivity (Wildman–Crippen MR) is 129 cm³/mol. The fraction of sp³-hybridized carbons (Fsp3) is 0.231. The molecule has 1 fully saturated rings. The van der Waals surface area contributed by atoms with Crippen LogP contribution >= 0.6 is 0 Å². The number of carbonyl (C=O) groups is 2. The van der Waals surface area contributed by atoms with E-state index in [1.807, 2.05) is 41.3 Å². The molecule has 0 unspecified atom stereocenters. The molecule has 2 aromatic heterocycles. The summed E-state index contributed by atoms with van der Waals surface area (Å²) in [5.41, 5.74) is 3.05. The van der Waals surface area contributed by atoms with Gasteiger partial charge in [0.2, 0.25) is 11.9 Å². The van der Waals surface area contributed by atoms with Gasteiger partial charge in [-0.2, -0.15) is 0 Å². The van der Waals surface area contributed by atoms with Gasteiger partial charge in [-0.05, 0) is 49.6 Å². The van der Waals surface area contributed by atoms with E-state index in [9.17, 15) is 9.59 Å². The molecular weight excluding hydrogens is 430 g/mol. The first kappa shape index (κ1) is 21.6. The quantitative estimate of drug-likeness (QED) is 0.441. The number of para-hydroxylation sites is 2. The molecule has 1 saturated heterocycles. The number of aromatic nitrogens is 3. The second-order valence-corrected chi connectivity index (χ2v) is 8.31. The molecule has 0 saturated carbocycles. The number of likely N-dealkylation sites (tertiary alicyclic amines) is 1. The molecule has 1 aliphatic rings. The molecule has 1 aliphatic heterocycles. The van der Waals surface area contributed by atoms with Crippen molar-refractivity contribution in [2.75, 3.05) is 18.4 Å². The lowest BCUT2D eigenvalue weighted by Gasteiger charge is -2.21. The van der Waals surface area contributed by atoms with Crippen molar-refractivity contribution >= 4 is 28.8 Å². The largest absolute Gasteiger partial charge is 0.444 e. The standard InChI is InChI=1S/C26H25N5O3/c1-2-24(32)30-13-6-9-20(12-14-30)31-22-11-4-3-10-21(22)28-26(31)29-25(33)19-8-5-7-18(15-19)23-16-27-17-34-23/h2-5,7-8,10-11,15-17,20H,1,6,9,12-14H2,(H,28,29,33)/t20-/m1/s1. The normalized spacial score (nSPS) is 16.2. The molecule has 1 atom stereocenters. The summed E-state index contributed by atoms with van der Waals surface area (Å²) in [7, 11) is 0. The highest BCUT2D eigenvalue weighted by atomic mass is 16.3. The molecule has 0 spiro atoms. The second kappa shape index (κ2) is 9.35. The summed E-state index contributed by atoms with van der Waals surface area (Å²) in [6.45, 7) is 4.94. The van der Waals surface area contributed by atoms with Crippen molar-refractivity contribution in [1.29, 1.82) is 0 Å². The number of nitrogens with zero attached hydrogens (tertiary/aromatic N) is 4. The summed E-state index contributed by atoms with van der Waals surface area (Å²) in [6, 6.07) is 15.2. The number of nitrogens with one attached hydrogen (secondary N) is 1. The molecule has 3 heterocycles. The number of hydrogen-bond acceptors (Lipinski definition) is 5.